The Morgan fingerprint density at radius 2 is 1.72 bits per heavy atom. The smallest absolute Gasteiger partial charge is 0.369 e. The largest absolute Gasteiger partial charge is 0.392 e. The van der Waals surface area contributed by atoms with Crippen molar-refractivity contribution in [1.82, 2.24) is 19.5 Å². The summed E-state index contributed by atoms with van der Waals surface area (Å²) in [5, 5.41) is -3.88. The van der Waals surface area contributed by atoms with Gasteiger partial charge < -0.3 is 24.8 Å². The van der Waals surface area contributed by atoms with Gasteiger partial charge in [0, 0.05) is 6.54 Å². The quantitative estimate of drug-likeness (QED) is 0.363. The van der Waals surface area contributed by atoms with Crippen molar-refractivity contribution >= 4 is 24.7 Å². The molecule has 2 aromatic rings. The van der Waals surface area contributed by atoms with Gasteiger partial charge >= 0.3 is 19.9 Å². The summed E-state index contributed by atoms with van der Waals surface area (Å²) in [6.07, 6.45) is -14.8. The molecule has 0 radical (unpaired) electrons. The van der Waals surface area contributed by atoms with Crippen LogP contribution in [0.4, 0.5) is 32.3 Å². The van der Waals surface area contributed by atoms with Gasteiger partial charge in [0.05, 0.1) is 25.8 Å². The molecule has 2 heterocycles. The van der Waals surface area contributed by atoms with Gasteiger partial charge in [0.15, 0.2) is 16.5 Å². The van der Waals surface area contributed by atoms with Crippen LogP contribution in [0.15, 0.2) is 11.1 Å². The van der Waals surface area contributed by atoms with Gasteiger partial charge in [-0.25, -0.2) is 4.98 Å². The lowest BCUT2D eigenvalue weighted by atomic mass is 10.1. The van der Waals surface area contributed by atoms with Crippen molar-refractivity contribution in [3.8, 4) is 0 Å². The topological polar surface area (TPSA) is 156 Å². The molecule has 0 saturated carbocycles. The van der Waals surface area contributed by atoms with Gasteiger partial charge in [0.25, 0.3) is 5.56 Å². The molecule has 0 aliphatic rings. The second-order valence-corrected chi connectivity index (χ2v) is 7.89. The summed E-state index contributed by atoms with van der Waals surface area (Å²) >= 11 is 0. The highest BCUT2D eigenvalue weighted by Crippen LogP contribution is 2.59. The predicted molar refractivity (Wildman–Crippen MR) is 84.6 cm³/mol. The molecule has 0 fully saturated rings. The SMILES string of the molecule is Nc1nc2ncn(CCOC(CC(F)(F)F)(CC(F)(F)F)P(=O)(O)O)c2c(=O)[nH]1. The monoisotopic (exact) mass is 453 g/mol. The number of aromatic nitrogens is 4. The number of anilines is 1. The third-order valence-corrected chi connectivity index (χ3v) is 5.20. The van der Waals surface area contributed by atoms with E-state index < -0.39 is 56.8 Å². The van der Waals surface area contributed by atoms with Crippen LogP contribution in [0.5, 0.6) is 0 Å². The fourth-order valence-corrected chi connectivity index (χ4v) is 3.62. The van der Waals surface area contributed by atoms with E-state index in [2.05, 4.69) is 19.7 Å². The lowest BCUT2D eigenvalue weighted by Crippen LogP contribution is -2.42. The lowest BCUT2D eigenvalue weighted by Gasteiger charge is -2.35. The van der Waals surface area contributed by atoms with Crippen molar-refractivity contribution < 1.29 is 45.4 Å². The van der Waals surface area contributed by atoms with Crippen LogP contribution in [0, 0.1) is 0 Å². The molecule has 0 saturated heterocycles. The molecule has 17 heteroatoms. The molecule has 2 rings (SSSR count). The Balaban J connectivity index is 2.33. The molecule has 29 heavy (non-hydrogen) atoms. The summed E-state index contributed by atoms with van der Waals surface area (Å²) in [7, 11) is -6.05. The minimum atomic E-state index is -6.05. The number of nitrogens with one attached hydrogen (secondary N) is 1. The van der Waals surface area contributed by atoms with Crippen molar-refractivity contribution in [1.29, 1.82) is 0 Å². The van der Waals surface area contributed by atoms with Crippen molar-refractivity contribution in [2.24, 2.45) is 0 Å². The molecule has 0 aliphatic heterocycles. The number of nitrogen functional groups attached to an aromatic ring is 1. The van der Waals surface area contributed by atoms with Crippen molar-refractivity contribution in [2.45, 2.75) is 37.1 Å². The molecule has 164 valence electrons. The number of H-pyrrole nitrogens is 1. The molecule has 0 aliphatic carbocycles. The molecule has 0 amide bonds. The molecule has 5 N–H and O–H groups in total. The molecule has 0 unspecified atom stereocenters. The number of ether oxygens (including phenoxy) is 1. The Kier molecular flexibility index (Phi) is 6.05. The van der Waals surface area contributed by atoms with Crippen molar-refractivity contribution in [3.05, 3.63) is 16.7 Å². The Morgan fingerprint density at radius 1 is 1.17 bits per heavy atom. The number of hydrogen-bond donors (Lipinski definition) is 4. The average molecular weight is 453 g/mol. The Bertz CT molecular complexity index is 964. The van der Waals surface area contributed by atoms with Crippen LogP contribution in [-0.4, -0.2) is 53.6 Å². The van der Waals surface area contributed by atoms with Crippen LogP contribution in [0.2, 0.25) is 0 Å². The third-order valence-electron chi connectivity index (χ3n) is 3.69. The van der Waals surface area contributed by atoms with Gasteiger partial charge in [0.2, 0.25) is 5.95 Å². The second-order valence-electron chi connectivity index (χ2n) is 5.98. The standard InChI is InChI=1S/C12H14F6N5O5P/c13-11(14,15)3-10(29(25,26)27,4-12(16,17)18)28-2-1-23-5-20-7-6(23)8(24)22-9(19)21-7/h5H,1-4H2,(H2,25,26,27)(H3,19,21,22,24). The van der Waals surface area contributed by atoms with E-state index in [1.165, 1.54) is 0 Å². The number of halogens is 6. The number of imidazole rings is 1. The highest BCUT2D eigenvalue weighted by atomic mass is 31.2. The zero-order valence-electron chi connectivity index (χ0n) is 14.2. The van der Waals surface area contributed by atoms with E-state index >= 15 is 0 Å². The van der Waals surface area contributed by atoms with E-state index in [-0.39, 0.29) is 17.1 Å². The number of alkyl halides is 6. The van der Waals surface area contributed by atoms with Crippen molar-refractivity contribution in [3.63, 3.8) is 0 Å². The number of hydrogen-bond acceptors (Lipinski definition) is 6. The number of nitrogens with zero attached hydrogens (tertiary/aromatic N) is 3. The predicted octanol–water partition coefficient (Wildman–Crippen LogP) is 1.50. The Labute approximate surface area is 156 Å². The molecule has 0 aromatic carbocycles. The maximum absolute atomic E-state index is 12.8. The zero-order valence-corrected chi connectivity index (χ0v) is 15.1. The molecule has 0 spiro atoms. The normalized spacial score (nSPS) is 13.9. The van der Waals surface area contributed by atoms with E-state index in [1.807, 2.05) is 0 Å². The van der Waals surface area contributed by atoms with E-state index in [1.54, 1.807) is 0 Å². The summed E-state index contributed by atoms with van der Waals surface area (Å²) in [4.78, 5) is 39.9. The number of nitrogens with two attached hydrogens (primary N) is 1. The fraction of sp³-hybridized carbons (Fsp3) is 0.583. The van der Waals surface area contributed by atoms with Crippen LogP contribution in [0.3, 0.4) is 0 Å². The van der Waals surface area contributed by atoms with Crippen LogP contribution in [0.25, 0.3) is 11.2 Å². The lowest BCUT2D eigenvalue weighted by molar-refractivity contribution is -0.211. The fourth-order valence-electron chi connectivity index (χ4n) is 2.59. The van der Waals surface area contributed by atoms with Crippen LogP contribution in [0.1, 0.15) is 12.8 Å². The molecular formula is C12H14F6N5O5P. The van der Waals surface area contributed by atoms with Gasteiger partial charge in [0.1, 0.15) is 0 Å². The first-order chi connectivity index (χ1) is 13.0. The van der Waals surface area contributed by atoms with Crippen LogP contribution in [-0.2, 0) is 15.8 Å². The summed E-state index contributed by atoms with van der Waals surface area (Å²) in [5.41, 5.74) is 4.16. The molecule has 2 aromatic heterocycles. The van der Waals surface area contributed by atoms with E-state index in [0.29, 0.717) is 0 Å². The molecular weight excluding hydrogens is 439 g/mol. The molecule has 0 bridgehead atoms. The summed E-state index contributed by atoms with van der Waals surface area (Å²) in [6.45, 7) is -1.56. The van der Waals surface area contributed by atoms with E-state index in [9.17, 15) is 45.5 Å². The molecule has 0 atom stereocenters. The zero-order chi connectivity index (χ0) is 22.3. The highest BCUT2D eigenvalue weighted by Gasteiger charge is 2.59. The summed E-state index contributed by atoms with van der Waals surface area (Å²) in [5.74, 6) is -0.278. The maximum Gasteiger partial charge on any atom is 0.392 e. The first-order valence-corrected chi connectivity index (χ1v) is 9.18. The van der Waals surface area contributed by atoms with E-state index in [0.717, 1.165) is 10.9 Å². The summed E-state index contributed by atoms with van der Waals surface area (Å²) < 4.78 is 93.8. The maximum atomic E-state index is 12.8. The number of rotatable bonds is 7. The van der Waals surface area contributed by atoms with E-state index in [4.69, 9.17) is 5.73 Å². The average Bonchev–Trinajstić information content (AvgIpc) is 2.85. The minimum Gasteiger partial charge on any atom is -0.369 e. The molecule has 10 nitrogen and oxygen atoms in total. The highest BCUT2D eigenvalue weighted by molar-refractivity contribution is 7.53. The van der Waals surface area contributed by atoms with Gasteiger partial charge in [-0.15, -0.1) is 0 Å². The Morgan fingerprint density at radius 3 is 2.21 bits per heavy atom. The Hall–Kier alpha value is -2.16. The number of fused-ring (bicyclic) bond motifs is 1. The summed E-state index contributed by atoms with van der Waals surface area (Å²) in [6, 6.07) is 0. The van der Waals surface area contributed by atoms with Crippen LogP contribution >= 0.6 is 7.60 Å². The van der Waals surface area contributed by atoms with Gasteiger partial charge in [-0.05, 0) is 0 Å². The number of aromatic amines is 1. The third kappa shape index (κ3) is 5.68. The van der Waals surface area contributed by atoms with Gasteiger partial charge in [-0.3, -0.25) is 14.3 Å². The van der Waals surface area contributed by atoms with Crippen molar-refractivity contribution in [2.75, 3.05) is 12.3 Å². The second kappa shape index (κ2) is 7.59. The van der Waals surface area contributed by atoms with Crippen LogP contribution < -0.4 is 11.3 Å². The minimum absolute atomic E-state index is 0.155. The first-order valence-electron chi connectivity index (χ1n) is 7.57. The van der Waals surface area contributed by atoms with Gasteiger partial charge in [-0.1, -0.05) is 0 Å². The van der Waals surface area contributed by atoms with Gasteiger partial charge in [-0.2, -0.15) is 31.3 Å². The first kappa shape index (κ1) is 23.1.